The number of benzene rings is 4. The molecule has 0 saturated carbocycles. The van der Waals surface area contributed by atoms with E-state index in [4.69, 9.17) is 4.43 Å². The summed E-state index contributed by atoms with van der Waals surface area (Å²) in [4.78, 5) is 54.1. The van der Waals surface area contributed by atoms with Crippen LogP contribution in [0.5, 0.6) is 11.5 Å². The van der Waals surface area contributed by atoms with Crippen molar-refractivity contribution >= 4 is 98.7 Å². The Kier molecular flexibility index (Phi) is 15.9. The zero-order chi connectivity index (χ0) is 49.9. The van der Waals surface area contributed by atoms with Crippen LogP contribution in [0.4, 0.5) is 23.0 Å². The molecule has 0 radical (unpaired) electrons. The number of hydrogen-bond donors (Lipinski definition) is 3. The van der Waals surface area contributed by atoms with Crippen LogP contribution in [-0.2, 0) is 0 Å². The van der Waals surface area contributed by atoms with Gasteiger partial charge >= 0.3 is 0 Å². The zero-order valence-electron chi connectivity index (χ0n) is 41.7. The normalized spacial score (nSPS) is 14.6. The molecule has 18 heteroatoms. The molecule has 4 aromatic carbocycles. The summed E-state index contributed by atoms with van der Waals surface area (Å²) in [6, 6.07) is 34.8. The SMILES string of the molecule is CN1CCN(C(=O)c2ccc(-c3cc4ncnc(Nc5cccc(O)c5)c4s3)cc2)CC1.CN1CCN(C(=O)c2ccc(-c3cc4ncnc(Nc5cccc(O[Si](C)(C)C(C)(C)C)c5)c4s3)cc2)CC1.Cl. The van der Waals surface area contributed by atoms with Crippen LogP contribution in [0.3, 0.4) is 0 Å². The molecule has 10 rings (SSSR count). The third-order valence-electron chi connectivity index (χ3n) is 13.4. The second-order valence-corrected chi connectivity index (χ2v) is 26.5. The van der Waals surface area contributed by atoms with Crippen LogP contribution < -0.4 is 15.1 Å². The maximum atomic E-state index is 12.9. The number of amides is 2. The van der Waals surface area contributed by atoms with Crippen molar-refractivity contribution in [2.75, 3.05) is 77.1 Å². The molecule has 2 aliphatic rings. The molecule has 3 N–H and O–H groups in total. The van der Waals surface area contributed by atoms with Crippen LogP contribution in [-0.4, -0.2) is 131 Å². The Balaban J connectivity index is 0.000000193. The van der Waals surface area contributed by atoms with E-state index in [2.05, 4.69) is 94.4 Å². The van der Waals surface area contributed by atoms with E-state index >= 15 is 0 Å². The fourth-order valence-electron chi connectivity index (χ4n) is 8.05. The van der Waals surface area contributed by atoms with E-state index in [0.29, 0.717) is 11.4 Å². The maximum absolute atomic E-state index is 12.9. The van der Waals surface area contributed by atoms with Crippen LogP contribution in [0.25, 0.3) is 41.3 Å². The van der Waals surface area contributed by atoms with Crippen LogP contribution in [0.15, 0.2) is 122 Å². The van der Waals surface area contributed by atoms with Crippen LogP contribution in [0.1, 0.15) is 41.5 Å². The quantitative estimate of drug-likeness (QED) is 0.112. The lowest BCUT2D eigenvalue weighted by molar-refractivity contribution is 0.0657. The van der Waals surface area contributed by atoms with Gasteiger partial charge in [-0.3, -0.25) is 9.59 Å². The number of nitrogens with zero attached hydrogens (tertiary/aromatic N) is 8. The number of fused-ring (bicyclic) bond motifs is 2. The molecule has 14 nitrogen and oxygen atoms in total. The lowest BCUT2D eigenvalue weighted by Crippen LogP contribution is -2.47. The Bertz CT molecular complexity index is 3170. The Morgan fingerprint density at radius 3 is 1.46 bits per heavy atom. The topological polar surface area (TPSA) is 152 Å². The van der Waals surface area contributed by atoms with Crippen molar-refractivity contribution in [2.45, 2.75) is 38.9 Å². The Morgan fingerprint density at radius 1 is 0.597 bits per heavy atom. The zero-order valence-corrected chi connectivity index (χ0v) is 45.1. The number of thiophene rings is 2. The second kappa shape index (κ2) is 22.1. The van der Waals surface area contributed by atoms with E-state index in [9.17, 15) is 14.7 Å². The summed E-state index contributed by atoms with van der Waals surface area (Å²) >= 11 is 3.24. The summed E-state index contributed by atoms with van der Waals surface area (Å²) in [5.41, 5.74) is 6.95. The largest absolute Gasteiger partial charge is 0.543 e. The summed E-state index contributed by atoms with van der Waals surface area (Å²) in [5, 5.41) is 16.6. The smallest absolute Gasteiger partial charge is 0.253 e. The number of hydrogen-bond acceptors (Lipinski definition) is 14. The number of aromatic nitrogens is 4. The maximum Gasteiger partial charge on any atom is 0.253 e. The molecule has 0 bridgehead atoms. The molecule has 2 amide bonds. The van der Waals surface area contributed by atoms with Crippen molar-refractivity contribution in [3.63, 3.8) is 0 Å². The molecule has 2 fully saturated rings. The van der Waals surface area contributed by atoms with E-state index in [-0.39, 0.29) is 35.0 Å². The molecular weight excluding hydrogens is 980 g/mol. The molecule has 72 heavy (non-hydrogen) atoms. The van der Waals surface area contributed by atoms with Gasteiger partial charge in [0, 0.05) is 96.7 Å². The highest BCUT2D eigenvalue weighted by molar-refractivity contribution is 7.23. The minimum atomic E-state index is -1.94. The lowest BCUT2D eigenvalue weighted by Gasteiger charge is -2.36. The number of aromatic hydroxyl groups is 1. The van der Waals surface area contributed by atoms with Gasteiger partial charge in [0.2, 0.25) is 8.32 Å². The van der Waals surface area contributed by atoms with Gasteiger partial charge in [0.1, 0.15) is 24.2 Å². The number of likely N-dealkylation sites (N-methyl/N-ethyl adjacent to an activating group) is 2. The molecule has 8 aromatic rings. The molecule has 6 heterocycles. The monoisotopic (exact) mass is 1040 g/mol. The molecule has 0 atom stereocenters. The lowest BCUT2D eigenvalue weighted by atomic mass is 10.1. The number of rotatable bonds is 10. The Hall–Kier alpha value is -6.47. The predicted molar refractivity (Wildman–Crippen MR) is 299 cm³/mol. The van der Waals surface area contributed by atoms with Gasteiger partial charge in [0.05, 0.1) is 20.4 Å². The second-order valence-electron chi connectivity index (χ2n) is 19.6. The van der Waals surface area contributed by atoms with Crippen LogP contribution >= 0.6 is 35.1 Å². The van der Waals surface area contributed by atoms with Crippen molar-refractivity contribution in [1.29, 1.82) is 0 Å². The predicted octanol–water partition coefficient (Wildman–Crippen LogP) is 11.5. The summed E-state index contributed by atoms with van der Waals surface area (Å²) in [6.45, 7) is 17.9. The summed E-state index contributed by atoms with van der Waals surface area (Å²) in [7, 11) is 2.23. The molecule has 374 valence electrons. The van der Waals surface area contributed by atoms with E-state index in [1.54, 1.807) is 47.2 Å². The third kappa shape index (κ3) is 12.1. The first kappa shape index (κ1) is 51.9. The van der Waals surface area contributed by atoms with Crippen molar-refractivity contribution < 1.29 is 19.1 Å². The standard InChI is InChI=1S/C30H37N5O2SSi.C24H23N5O2S.ClH/c1-30(2,3)39(5,6)37-24-9-7-8-23(18-24)33-28-27-25(31-20-32-28)19-26(38-27)21-10-12-22(13-11-21)29(36)35-16-14-34(4)15-17-35;1-28-9-11-29(12-10-28)24(31)17-7-5-16(6-8-17)21-14-20-22(32-21)23(26-15-25-20)27-18-3-2-4-19(30)13-18;/h7-13,18-20H,14-17H2,1-6H3,(H,31,32,33);2-8,13-15,30H,9-12H2,1H3,(H,25,26,27);1H. The highest BCUT2D eigenvalue weighted by Gasteiger charge is 2.39. The highest BCUT2D eigenvalue weighted by Crippen LogP contribution is 2.40. The number of piperazine rings is 2. The number of phenolic OH excluding ortho intramolecular Hbond substituents is 1. The minimum Gasteiger partial charge on any atom is -0.543 e. The highest BCUT2D eigenvalue weighted by atomic mass is 35.5. The number of carbonyl (C=O) groups is 2. The minimum absolute atomic E-state index is 0. The first-order valence-corrected chi connectivity index (χ1v) is 28.4. The Labute approximate surface area is 436 Å². The number of nitrogens with one attached hydrogen (secondary N) is 2. The van der Waals surface area contributed by atoms with Crippen LogP contribution in [0.2, 0.25) is 18.1 Å². The van der Waals surface area contributed by atoms with Gasteiger partial charge in [-0.1, -0.05) is 57.2 Å². The average molecular weight is 1040 g/mol. The number of carbonyl (C=O) groups excluding carboxylic acids is 2. The fraction of sp³-hybridized carbons (Fsp3) is 0.296. The van der Waals surface area contributed by atoms with Crippen molar-refractivity contribution in [1.82, 2.24) is 39.5 Å². The summed E-state index contributed by atoms with van der Waals surface area (Å²) < 4.78 is 8.42. The molecule has 2 saturated heterocycles. The molecule has 4 aromatic heterocycles. The third-order valence-corrected chi connectivity index (χ3v) is 20.1. The van der Waals surface area contributed by atoms with Crippen molar-refractivity contribution in [3.05, 3.63) is 133 Å². The van der Waals surface area contributed by atoms with Crippen LogP contribution in [0, 0.1) is 0 Å². The van der Waals surface area contributed by atoms with Gasteiger partial charge in [-0.2, -0.15) is 0 Å². The fourth-order valence-corrected chi connectivity index (χ4v) is 11.2. The number of phenols is 1. The summed E-state index contributed by atoms with van der Waals surface area (Å²) in [5.74, 6) is 2.71. The molecule has 0 spiro atoms. The van der Waals surface area contributed by atoms with Gasteiger partial charge in [0.15, 0.2) is 11.6 Å². The van der Waals surface area contributed by atoms with Crippen molar-refractivity contribution in [3.8, 4) is 32.4 Å². The molecule has 0 aliphatic carbocycles. The Morgan fingerprint density at radius 2 is 1.03 bits per heavy atom. The number of anilines is 4. The van der Waals surface area contributed by atoms with Gasteiger partial charge in [-0.15, -0.1) is 35.1 Å². The summed E-state index contributed by atoms with van der Waals surface area (Å²) in [6.07, 6.45) is 3.12. The van der Waals surface area contributed by atoms with E-state index in [1.807, 2.05) is 94.7 Å². The number of halogens is 1. The average Bonchev–Trinajstić information content (AvgIpc) is 4.01. The van der Waals surface area contributed by atoms with Gasteiger partial charge in [-0.25, -0.2) is 19.9 Å². The van der Waals surface area contributed by atoms with Gasteiger partial charge < -0.3 is 39.8 Å². The first-order chi connectivity index (χ1) is 34.1. The first-order valence-electron chi connectivity index (χ1n) is 23.8. The molecule has 2 aliphatic heterocycles. The van der Waals surface area contributed by atoms with E-state index < -0.39 is 8.32 Å². The van der Waals surface area contributed by atoms with E-state index in [0.717, 1.165) is 122 Å². The van der Waals surface area contributed by atoms with E-state index in [1.165, 1.54) is 6.33 Å². The molecule has 0 unspecified atom stereocenters. The van der Waals surface area contributed by atoms with Crippen molar-refractivity contribution in [2.24, 2.45) is 0 Å². The van der Waals surface area contributed by atoms with Gasteiger partial charge in [0.25, 0.3) is 11.8 Å². The molecular formula is C54H61ClN10O4S2Si. The van der Waals surface area contributed by atoms with Gasteiger partial charge in [-0.05, 0) is 104 Å².